The first-order valence-electron chi connectivity index (χ1n) is 7.01. The van der Waals surface area contributed by atoms with Gasteiger partial charge in [-0.25, -0.2) is 0 Å². The van der Waals surface area contributed by atoms with Gasteiger partial charge in [0.25, 0.3) is 0 Å². The Hall–Kier alpha value is -0.650. The average molecular weight is 279 g/mol. The summed E-state index contributed by atoms with van der Waals surface area (Å²) in [6.07, 6.45) is 0.138. The van der Waals surface area contributed by atoms with Gasteiger partial charge in [-0.05, 0) is 6.54 Å². The van der Waals surface area contributed by atoms with Crippen molar-refractivity contribution in [3.63, 3.8) is 0 Å². The lowest BCUT2D eigenvalue weighted by molar-refractivity contribution is -0.120. The molecule has 0 aromatic rings. The van der Waals surface area contributed by atoms with Crippen molar-refractivity contribution in [2.24, 2.45) is 0 Å². The normalized spacial score (nSPS) is 18.8. The molecule has 0 aromatic carbocycles. The third-order valence-electron chi connectivity index (χ3n) is 2.66. The molecule has 1 atom stereocenters. The number of carbonyl (C=O) groups is 1. The van der Waals surface area contributed by atoms with Gasteiger partial charge in [-0.1, -0.05) is 28.2 Å². The zero-order valence-corrected chi connectivity index (χ0v) is 12.3. The van der Waals surface area contributed by atoms with Crippen LogP contribution in [0.5, 0.6) is 0 Å². The summed E-state index contributed by atoms with van der Waals surface area (Å²) in [5.74, 6) is 0.00775. The van der Waals surface area contributed by atoms with E-state index in [0.29, 0.717) is 6.54 Å². The maximum Gasteiger partial charge on any atom is 0.216 e. The molecule has 5 nitrogen and oxygen atoms in total. The topological polar surface area (TPSA) is 53.6 Å². The Bertz CT molecular complexity index is 222. The van der Waals surface area contributed by atoms with Gasteiger partial charge in [-0.15, -0.1) is 0 Å². The number of nitrogens with one attached hydrogen (secondary N) is 2. The fourth-order valence-corrected chi connectivity index (χ4v) is 1.78. The van der Waals surface area contributed by atoms with Crippen LogP contribution in [0.3, 0.4) is 0 Å². The predicted octanol–water partition coefficient (Wildman–Crippen LogP) is 1.59. The van der Waals surface area contributed by atoms with E-state index in [9.17, 15) is 4.79 Å². The second kappa shape index (κ2) is 13.8. The van der Waals surface area contributed by atoms with Crippen molar-refractivity contribution in [1.82, 2.24) is 15.5 Å². The smallest absolute Gasteiger partial charge is 0.216 e. The summed E-state index contributed by atoms with van der Waals surface area (Å²) in [4.78, 5) is 13.2. The first kappa shape index (κ1) is 20.7. The van der Waals surface area contributed by atoms with Crippen molar-refractivity contribution in [3.05, 3.63) is 0 Å². The zero-order valence-electron chi connectivity index (χ0n) is 12.3. The van der Waals surface area contributed by atoms with Crippen LogP contribution in [0.1, 0.15) is 38.0 Å². The van der Waals surface area contributed by atoms with Crippen molar-refractivity contribution in [3.8, 4) is 0 Å². The van der Waals surface area contributed by atoms with Crippen LogP contribution in [0.25, 0.3) is 0 Å². The molecule has 0 aromatic heterocycles. The molecule has 1 aliphatic heterocycles. The van der Waals surface area contributed by atoms with Gasteiger partial charge in [0.15, 0.2) is 0 Å². The Balaban J connectivity index is -0.000000276. The van der Waals surface area contributed by atoms with Gasteiger partial charge in [0.1, 0.15) is 0 Å². The molecule has 0 unspecified atom stereocenters. The molecule has 0 spiro atoms. The van der Waals surface area contributed by atoms with Crippen LogP contribution in [0.2, 0.25) is 0 Å². The number of rotatable bonds is 6. The lowest BCUT2D eigenvalue weighted by Crippen LogP contribution is -2.48. The molecule has 120 valence electrons. The van der Waals surface area contributed by atoms with Gasteiger partial charge in [-0.3, -0.25) is 9.69 Å². The monoisotopic (exact) mass is 279 g/mol. The molecule has 0 bridgehead atoms. The summed E-state index contributed by atoms with van der Waals surface area (Å²) < 4.78 is 5.59. The summed E-state index contributed by atoms with van der Waals surface area (Å²) in [6.45, 7) is 14.0. The number of likely N-dealkylation sites (N-methyl/N-ethyl adjacent to an activating group) is 1. The first-order valence-corrected chi connectivity index (χ1v) is 7.01. The molecule has 0 aliphatic carbocycles. The third kappa shape index (κ3) is 10.9. The summed E-state index contributed by atoms with van der Waals surface area (Å²) in [7, 11) is 0. The molecule has 1 saturated heterocycles. The lowest BCUT2D eigenvalue weighted by Gasteiger charge is -2.32. The largest absolute Gasteiger partial charge is 0.374 e. The maximum atomic E-state index is 10.8. The van der Waals surface area contributed by atoms with Crippen LogP contribution in [-0.2, 0) is 9.53 Å². The minimum atomic E-state index is 0. The van der Waals surface area contributed by atoms with Crippen molar-refractivity contribution in [2.45, 2.75) is 41.2 Å². The number of hydrogen-bond donors (Lipinski definition) is 2. The highest BCUT2D eigenvalue weighted by molar-refractivity contribution is 5.72. The second-order valence-corrected chi connectivity index (χ2v) is 4.08. The fraction of sp³-hybridized carbons (Fsp3) is 0.929. The van der Waals surface area contributed by atoms with Crippen molar-refractivity contribution < 1.29 is 12.4 Å². The van der Waals surface area contributed by atoms with Crippen molar-refractivity contribution in [1.29, 1.82) is 0 Å². The Morgan fingerprint density at radius 3 is 2.74 bits per heavy atom. The minimum Gasteiger partial charge on any atom is -0.374 e. The van der Waals surface area contributed by atoms with Crippen LogP contribution in [-0.4, -0.2) is 62.8 Å². The highest BCUT2D eigenvalue weighted by Gasteiger charge is 2.19. The summed E-state index contributed by atoms with van der Waals surface area (Å²) in [6, 6.07) is 0. The zero-order chi connectivity index (χ0) is 13.8. The highest BCUT2D eigenvalue weighted by atomic mass is 16.5. The maximum absolute atomic E-state index is 10.8. The molecular weight excluding hydrogens is 242 g/mol. The minimum absolute atomic E-state index is 0. The van der Waals surface area contributed by atoms with Crippen LogP contribution >= 0.6 is 0 Å². The van der Waals surface area contributed by atoms with Gasteiger partial charge < -0.3 is 15.4 Å². The van der Waals surface area contributed by atoms with Crippen LogP contribution < -0.4 is 10.6 Å². The molecule has 1 rings (SSSR count). The molecular formula is C14H37N3O2. The molecule has 1 heterocycles. The van der Waals surface area contributed by atoms with Gasteiger partial charge in [0, 0.05) is 42.5 Å². The molecule has 2 N–H and O–H groups in total. The molecule has 0 saturated carbocycles. The van der Waals surface area contributed by atoms with E-state index >= 15 is 0 Å². The van der Waals surface area contributed by atoms with E-state index in [1.807, 2.05) is 13.8 Å². The number of amides is 1. The summed E-state index contributed by atoms with van der Waals surface area (Å²) >= 11 is 0. The van der Waals surface area contributed by atoms with E-state index in [2.05, 4.69) is 22.5 Å². The van der Waals surface area contributed by atoms with E-state index in [1.165, 1.54) is 6.92 Å². The average Bonchev–Trinajstić information content (AvgIpc) is 2.40. The fourth-order valence-electron chi connectivity index (χ4n) is 1.78. The third-order valence-corrected chi connectivity index (χ3v) is 2.66. The Labute approximate surface area is 122 Å². The van der Waals surface area contributed by atoms with Crippen LogP contribution in [0, 0.1) is 0 Å². The predicted molar refractivity (Wildman–Crippen MR) is 85.7 cm³/mol. The second-order valence-electron chi connectivity index (χ2n) is 4.08. The number of hydrogen-bond acceptors (Lipinski definition) is 4. The Morgan fingerprint density at radius 1 is 1.47 bits per heavy atom. The van der Waals surface area contributed by atoms with Gasteiger partial charge in [0.2, 0.25) is 5.91 Å². The Morgan fingerprint density at radius 2 is 2.16 bits per heavy atom. The van der Waals surface area contributed by atoms with Crippen molar-refractivity contribution in [2.75, 3.05) is 45.9 Å². The van der Waals surface area contributed by atoms with Crippen LogP contribution in [0.15, 0.2) is 0 Å². The molecule has 1 aliphatic rings. The summed E-state index contributed by atoms with van der Waals surface area (Å²) in [5.41, 5.74) is 0. The van der Waals surface area contributed by atoms with Gasteiger partial charge in [-0.2, -0.15) is 0 Å². The van der Waals surface area contributed by atoms with Crippen molar-refractivity contribution >= 4 is 5.91 Å². The number of ether oxygens (including phenoxy) is 1. The molecule has 1 amide bonds. The van der Waals surface area contributed by atoms with E-state index in [-0.39, 0.29) is 22.3 Å². The standard InChI is InChI=1S/C11H23N3O2.C2H6.CH4.2H2/c1-3-12-4-5-14-6-7-16-11(9-14)8-13-10(2)15;1-2;;;/h11-12H,3-9H2,1-2H3,(H,13,15);1-2H3;1H4;2*1H/t11-;;;;/m1..../s1. The van der Waals surface area contributed by atoms with E-state index in [0.717, 1.165) is 39.3 Å². The number of nitrogens with zero attached hydrogens (tertiary/aromatic N) is 1. The lowest BCUT2D eigenvalue weighted by atomic mass is 10.2. The first-order chi connectivity index (χ1) is 8.72. The van der Waals surface area contributed by atoms with Gasteiger partial charge >= 0.3 is 0 Å². The molecule has 1 fully saturated rings. The highest BCUT2D eigenvalue weighted by Crippen LogP contribution is 2.03. The SMILES string of the molecule is C.CC.CCNCCN1CCO[C@H](CNC(C)=O)C1.[HH].[HH]. The van der Waals surface area contributed by atoms with E-state index in [1.54, 1.807) is 0 Å². The Kier molecular flexibility index (Phi) is 15.0. The molecule has 19 heavy (non-hydrogen) atoms. The summed E-state index contributed by atoms with van der Waals surface area (Å²) in [5, 5.41) is 6.11. The van der Waals surface area contributed by atoms with Crippen LogP contribution in [0.4, 0.5) is 0 Å². The molecule has 0 radical (unpaired) electrons. The van der Waals surface area contributed by atoms with Gasteiger partial charge in [0.05, 0.1) is 12.7 Å². The van der Waals surface area contributed by atoms with E-state index in [4.69, 9.17) is 4.74 Å². The number of morpholine rings is 1. The quantitative estimate of drug-likeness (QED) is 0.725. The van der Waals surface area contributed by atoms with E-state index < -0.39 is 0 Å². The molecule has 5 heteroatoms. The number of carbonyl (C=O) groups excluding carboxylic acids is 1.